The lowest BCUT2D eigenvalue weighted by Crippen LogP contribution is -2.42. The average Bonchev–Trinajstić information content (AvgIpc) is 3.33. The summed E-state index contributed by atoms with van der Waals surface area (Å²) in [5.41, 5.74) is 5.44. The van der Waals surface area contributed by atoms with Gasteiger partial charge in [-0.15, -0.1) is 0 Å². The molecule has 2 heterocycles. The van der Waals surface area contributed by atoms with Crippen molar-refractivity contribution < 1.29 is 14.3 Å². The maximum absolute atomic E-state index is 12.0. The third-order valence-electron chi connectivity index (χ3n) is 4.00. The minimum absolute atomic E-state index is 0.257. The Hall–Kier alpha value is -2.44. The standard InChI is InChI=1S/C20H19NO3S2/c1-13(22)21-19(20(23)24-2)9-14-7-17(15-3-5-25-11-15)10-18(8-14)16-4-6-26-12-16/h3-8,10-12,19H,9H2,1-2H3,(H,21,22)/t19-/m1/s1. The van der Waals surface area contributed by atoms with Gasteiger partial charge in [0.05, 0.1) is 7.11 Å². The molecule has 1 amide bonds. The van der Waals surface area contributed by atoms with Crippen molar-refractivity contribution in [2.24, 2.45) is 0 Å². The first kappa shape index (κ1) is 18.4. The maximum atomic E-state index is 12.0. The van der Waals surface area contributed by atoms with Crippen LogP contribution >= 0.6 is 22.7 Å². The average molecular weight is 386 g/mol. The Morgan fingerprint density at radius 2 is 1.58 bits per heavy atom. The third-order valence-corrected chi connectivity index (χ3v) is 5.37. The Morgan fingerprint density at radius 1 is 1.00 bits per heavy atom. The molecule has 0 radical (unpaired) electrons. The Balaban J connectivity index is 1.99. The molecule has 26 heavy (non-hydrogen) atoms. The molecule has 0 bridgehead atoms. The van der Waals surface area contributed by atoms with Crippen LogP contribution in [0.15, 0.2) is 51.9 Å². The molecule has 0 saturated carbocycles. The van der Waals surface area contributed by atoms with Crippen molar-refractivity contribution in [3.63, 3.8) is 0 Å². The molecule has 4 nitrogen and oxygen atoms in total. The predicted molar refractivity (Wildman–Crippen MR) is 106 cm³/mol. The van der Waals surface area contributed by atoms with E-state index < -0.39 is 12.0 Å². The number of carbonyl (C=O) groups excluding carboxylic acids is 2. The minimum atomic E-state index is -0.703. The molecule has 0 fully saturated rings. The second kappa shape index (κ2) is 8.29. The zero-order valence-electron chi connectivity index (χ0n) is 14.5. The van der Waals surface area contributed by atoms with Crippen molar-refractivity contribution >= 4 is 34.6 Å². The summed E-state index contributed by atoms with van der Waals surface area (Å²) in [7, 11) is 1.33. The lowest BCUT2D eigenvalue weighted by atomic mass is 9.95. The lowest BCUT2D eigenvalue weighted by molar-refractivity contribution is -0.144. The van der Waals surface area contributed by atoms with E-state index in [9.17, 15) is 9.59 Å². The van der Waals surface area contributed by atoms with E-state index in [1.54, 1.807) is 22.7 Å². The SMILES string of the molecule is COC(=O)[C@@H](Cc1cc(-c2ccsc2)cc(-c2ccsc2)c1)NC(C)=O. The highest BCUT2D eigenvalue weighted by molar-refractivity contribution is 7.08. The molecule has 6 heteroatoms. The fourth-order valence-electron chi connectivity index (χ4n) is 2.82. The summed E-state index contributed by atoms with van der Waals surface area (Å²) < 4.78 is 4.84. The second-order valence-corrected chi connectivity index (χ2v) is 7.48. The van der Waals surface area contributed by atoms with Gasteiger partial charge in [0, 0.05) is 13.3 Å². The van der Waals surface area contributed by atoms with Crippen molar-refractivity contribution in [1.29, 1.82) is 0 Å². The van der Waals surface area contributed by atoms with Gasteiger partial charge < -0.3 is 10.1 Å². The number of benzene rings is 1. The molecular weight excluding hydrogens is 366 g/mol. The highest BCUT2D eigenvalue weighted by Crippen LogP contribution is 2.31. The molecule has 0 saturated heterocycles. The Morgan fingerprint density at radius 3 is 2.00 bits per heavy atom. The summed E-state index contributed by atoms with van der Waals surface area (Å²) in [5.74, 6) is -0.703. The van der Waals surface area contributed by atoms with Gasteiger partial charge in [-0.2, -0.15) is 22.7 Å². The number of carbonyl (C=O) groups is 2. The van der Waals surface area contributed by atoms with Crippen LogP contribution in [0.25, 0.3) is 22.3 Å². The normalized spacial score (nSPS) is 11.8. The van der Waals surface area contributed by atoms with E-state index in [-0.39, 0.29) is 5.91 Å². The number of nitrogens with one attached hydrogen (secondary N) is 1. The van der Waals surface area contributed by atoms with E-state index in [1.165, 1.54) is 14.0 Å². The summed E-state index contributed by atoms with van der Waals surface area (Å²) in [6, 6.07) is 9.73. The van der Waals surface area contributed by atoms with E-state index in [0.717, 1.165) is 27.8 Å². The van der Waals surface area contributed by atoms with Gasteiger partial charge in [0.25, 0.3) is 0 Å². The molecular formula is C20H19NO3S2. The first-order valence-electron chi connectivity index (χ1n) is 8.11. The van der Waals surface area contributed by atoms with Gasteiger partial charge in [-0.1, -0.05) is 12.1 Å². The number of esters is 1. The summed E-state index contributed by atoms with van der Waals surface area (Å²) in [4.78, 5) is 23.5. The first-order chi connectivity index (χ1) is 12.6. The van der Waals surface area contributed by atoms with Gasteiger partial charge in [-0.3, -0.25) is 4.79 Å². The van der Waals surface area contributed by atoms with Crippen molar-refractivity contribution in [3.05, 3.63) is 57.4 Å². The largest absolute Gasteiger partial charge is 0.467 e. The minimum Gasteiger partial charge on any atom is -0.467 e. The molecule has 2 aromatic heterocycles. The van der Waals surface area contributed by atoms with Gasteiger partial charge in [-0.25, -0.2) is 4.79 Å². The zero-order chi connectivity index (χ0) is 18.5. The molecule has 134 valence electrons. The molecule has 1 atom stereocenters. The van der Waals surface area contributed by atoms with Crippen molar-refractivity contribution in [2.75, 3.05) is 7.11 Å². The van der Waals surface area contributed by atoms with Crippen LogP contribution in [0.2, 0.25) is 0 Å². The highest BCUT2D eigenvalue weighted by atomic mass is 32.1. The molecule has 0 aliphatic heterocycles. The Bertz CT molecular complexity index is 833. The van der Waals surface area contributed by atoms with Gasteiger partial charge >= 0.3 is 5.97 Å². The maximum Gasteiger partial charge on any atom is 0.328 e. The van der Waals surface area contributed by atoms with Crippen LogP contribution in [0.3, 0.4) is 0 Å². The third kappa shape index (κ3) is 4.39. The number of rotatable bonds is 6. The van der Waals surface area contributed by atoms with Crippen molar-refractivity contribution in [1.82, 2.24) is 5.32 Å². The fourth-order valence-corrected chi connectivity index (χ4v) is 4.15. The quantitative estimate of drug-likeness (QED) is 0.641. The summed E-state index contributed by atoms with van der Waals surface area (Å²) in [6.45, 7) is 1.40. The number of thiophene rings is 2. The molecule has 3 rings (SSSR count). The zero-order valence-corrected chi connectivity index (χ0v) is 16.2. The van der Waals surface area contributed by atoms with Gasteiger partial charge in [-0.05, 0) is 67.5 Å². The van der Waals surface area contributed by atoms with E-state index in [4.69, 9.17) is 4.74 Å². The predicted octanol–water partition coefficient (Wildman–Crippen LogP) is 4.36. The molecule has 0 aliphatic carbocycles. The molecule has 3 aromatic rings. The van der Waals surface area contributed by atoms with E-state index >= 15 is 0 Å². The number of methoxy groups -OCH3 is 1. The second-order valence-electron chi connectivity index (χ2n) is 5.92. The van der Waals surface area contributed by atoms with E-state index in [1.807, 2.05) is 10.8 Å². The number of ether oxygens (including phenoxy) is 1. The fraction of sp³-hybridized carbons (Fsp3) is 0.200. The molecule has 0 unspecified atom stereocenters. The van der Waals surface area contributed by atoms with Crippen LogP contribution in [0, 0.1) is 0 Å². The van der Waals surface area contributed by atoms with Crippen LogP contribution < -0.4 is 5.32 Å². The first-order valence-corrected chi connectivity index (χ1v) is 9.99. The lowest BCUT2D eigenvalue weighted by Gasteiger charge is -2.17. The van der Waals surface area contributed by atoms with Gasteiger partial charge in [0.2, 0.25) is 5.91 Å². The summed E-state index contributed by atoms with van der Waals surface area (Å²) in [5, 5.41) is 11.0. The van der Waals surface area contributed by atoms with Crippen molar-refractivity contribution in [3.8, 4) is 22.3 Å². The van der Waals surface area contributed by atoms with Crippen LogP contribution in [-0.2, 0) is 20.7 Å². The van der Waals surface area contributed by atoms with Crippen molar-refractivity contribution in [2.45, 2.75) is 19.4 Å². The monoisotopic (exact) mass is 385 g/mol. The van der Waals surface area contributed by atoms with Gasteiger partial charge in [0.15, 0.2) is 0 Å². The van der Waals surface area contributed by atoms with Crippen LogP contribution in [0.4, 0.5) is 0 Å². The van der Waals surface area contributed by atoms with Gasteiger partial charge in [0.1, 0.15) is 6.04 Å². The topological polar surface area (TPSA) is 55.4 Å². The van der Waals surface area contributed by atoms with E-state index in [2.05, 4.69) is 46.4 Å². The molecule has 0 spiro atoms. The summed E-state index contributed by atoms with van der Waals surface area (Å²) in [6.07, 6.45) is 0.376. The number of hydrogen-bond donors (Lipinski definition) is 1. The smallest absolute Gasteiger partial charge is 0.328 e. The molecule has 1 N–H and O–H groups in total. The Kier molecular flexibility index (Phi) is 5.85. The van der Waals surface area contributed by atoms with Crippen LogP contribution in [-0.4, -0.2) is 25.0 Å². The van der Waals surface area contributed by atoms with Crippen LogP contribution in [0.5, 0.6) is 0 Å². The van der Waals surface area contributed by atoms with Crippen LogP contribution in [0.1, 0.15) is 12.5 Å². The Labute approximate surface area is 160 Å². The van der Waals surface area contributed by atoms with E-state index in [0.29, 0.717) is 6.42 Å². The highest BCUT2D eigenvalue weighted by Gasteiger charge is 2.21. The number of hydrogen-bond acceptors (Lipinski definition) is 5. The summed E-state index contributed by atoms with van der Waals surface area (Å²) >= 11 is 3.29. The molecule has 0 aliphatic rings. The molecule has 1 aromatic carbocycles. The number of amides is 1.